The molecule has 0 nitrogen and oxygen atoms in total. The average Bonchev–Trinajstić information content (AvgIpc) is 0.925. The molecule has 0 amide bonds. The van der Waals surface area contributed by atoms with E-state index >= 15 is 0 Å². The number of hydrogen-bond acceptors (Lipinski definition) is 0. The Labute approximate surface area is 564 Å². The number of rotatable bonds is 0. The highest BCUT2D eigenvalue weighted by Crippen LogP contribution is 2.54. The number of hydrogen-bond donors (Lipinski definition) is 0. The molecule has 12 aliphatic rings. The molecule has 0 aliphatic heterocycles. The molecule has 96 heavy (non-hydrogen) atoms. The van der Waals surface area contributed by atoms with E-state index in [1.54, 1.807) is 55.6 Å². The van der Waals surface area contributed by atoms with Crippen LogP contribution >= 0.6 is 0 Å². The topological polar surface area (TPSA) is 0 Å². The molecule has 12 aromatic carbocycles. The lowest BCUT2D eigenvalue weighted by Crippen LogP contribution is -2.23. The Morgan fingerprint density at radius 2 is 0.542 bits per heavy atom. The van der Waals surface area contributed by atoms with Crippen LogP contribution in [0.25, 0.3) is 24.3 Å². The van der Waals surface area contributed by atoms with Gasteiger partial charge in [-0.1, -0.05) is 267 Å². The fraction of sp³-hybridized carbons (Fsp3) is 0.167. The number of allylic oxidation sites excluding steroid dienone is 4. The smallest absolute Gasteiger partial charge is 0.0351 e. The second-order valence-electron chi connectivity index (χ2n) is 29.2. The zero-order valence-electron chi connectivity index (χ0n) is 54.2. The van der Waals surface area contributed by atoms with Crippen LogP contribution in [0.3, 0.4) is 0 Å². The third kappa shape index (κ3) is 8.46. The first-order valence-corrected chi connectivity index (χ1v) is 35.6. The van der Waals surface area contributed by atoms with Gasteiger partial charge in [0.25, 0.3) is 0 Å². The lowest BCUT2D eigenvalue weighted by molar-refractivity contribution is 0.818. The summed E-state index contributed by atoms with van der Waals surface area (Å²) in [5, 5.41) is 0. The molecule has 0 spiro atoms. The molecule has 12 aromatic rings. The monoisotopic (exact) mass is 1220 g/mol. The molecule has 456 valence electrons. The van der Waals surface area contributed by atoms with Crippen molar-refractivity contribution in [3.8, 4) is 0 Å². The van der Waals surface area contributed by atoms with E-state index in [0.29, 0.717) is 23.7 Å². The van der Waals surface area contributed by atoms with E-state index in [-0.39, 0.29) is 0 Å². The summed E-state index contributed by atoms with van der Waals surface area (Å²) in [5.41, 5.74) is 54.9. The van der Waals surface area contributed by atoms with Crippen LogP contribution in [-0.4, -0.2) is 0 Å². The first kappa shape index (κ1) is 54.9. The van der Waals surface area contributed by atoms with Gasteiger partial charge in [-0.25, -0.2) is 0 Å². The molecule has 4 unspecified atom stereocenters. The van der Waals surface area contributed by atoms with Gasteiger partial charge in [-0.3, -0.25) is 0 Å². The Bertz CT molecular complexity index is 5370. The van der Waals surface area contributed by atoms with Crippen LogP contribution in [0.1, 0.15) is 224 Å². The van der Waals surface area contributed by atoms with Crippen molar-refractivity contribution in [1.29, 1.82) is 0 Å². The molecule has 0 fully saturated rings. The molecule has 24 rings (SSSR count). The minimum atomic E-state index is 0.421. The largest absolute Gasteiger partial charge is 0.0795 e. The second-order valence-corrected chi connectivity index (χ2v) is 29.2. The van der Waals surface area contributed by atoms with Crippen molar-refractivity contribution >= 4 is 24.3 Å². The molecule has 0 N–H and O–H groups in total. The Morgan fingerprint density at radius 1 is 0.188 bits per heavy atom. The molecule has 12 aliphatic carbocycles. The van der Waals surface area contributed by atoms with Crippen molar-refractivity contribution in [3.05, 3.63) is 443 Å². The highest BCUT2D eigenvalue weighted by atomic mass is 14.4. The lowest BCUT2D eigenvalue weighted by Gasteiger charge is -2.36. The Kier molecular flexibility index (Phi) is 12.3. The van der Waals surface area contributed by atoms with E-state index in [1.807, 2.05) is 0 Å². The molecule has 0 heteroatoms. The maximum absolute atomic E-state index is 2.50. The fourth-order valence-corrected chi connectivity index (χ4v) is 20.2. The molecular weight excluding hydrogens is 1150 g/mol. The van der Waals surface area contributed by atoms with Crippen molar-refractivity contribution < 1.29 is 0 Å². The third-order valence-corrected chi connectivity index (χ3v) is 24.3. The van der Waals surface area contributed by atoms with Gasteiger partial charge >= 0.3 is 0 Å². The lowest BCUT2D eigenvalue weighted by atomic mass is 9.67. The summed E-state index contributed by atoms with van der Waals surface area (Å²) < 4.78 is 0. The van der Waals surface area contributed by atoms with Crippen LogP contribution < -0.4 is 0 Å². The highest BCUT2D eigenvalue weighted by Gasteiger charge is 2.39. The van der Waals surface area contributed by atoms with E-state index < -0.39 is 0 Å². The predicted octanol–water partition coefficient (Wildman–Crippen LogP) is 21.0. The molecular formula is C96H72. The van der Waals surface area contributed by atoms with Crippen LogP contribution in [0.15, 0.2) is 243 Å². The zero-order valence-corrected chi connectivity index (χ0v) is 54.2. The predicted molar refractivity (Wildman–Crippen MR) is 394 cm³/mol. The maximum Gasteiger partial charge on any atom is 0.0351 e. The normalized spacial score (nSPS) is 18.6. The van der Waals surface area contributed by atoms with E-state index in [1.165, 1.54) is 145 Å². The fourth-order valence-electron chi connectivity index (χ4n) is 20.2. The van der Waals surface area contributed by atoms with E-state index in [9.17, 15) is 0 Å². The summed E-state index contributed by atoms with van der Waals surface area (Å²) in [6.07, 6.45) is 31.5. The van der Waals surface area contributed by atoms with Gasteiger partial charge in [-0.15, -0.1) is 0 Å². The molecule has 4 atom stereocenters. The summed E-state index contributed by atoms with van der Waals surface area (Å²) in [5.74, 6) is 1.69. The average molecular weight is 1230 g/mol. The summed E-state index contributed by atoms with van der Waals surface area (Å²) in [4.78, 5) is 0. The molecule has 0 saturated carbocycles. The zero-order chi connectivity index (χ0) is 62.7. The maximum atomic E-state index is 2.50. The summed E-state index contributed by atoms with van der Waals surface area (Å²) in [7, 11) is 0. The van der Waals surface area contributed by atoms with Crippen LogP contribution in [0.2, 0.25) is 0 Å². The van der Waals surface area contributed by atoms with E-state index in [4.69, 9.17) is 0 Å². The summed E-state index contributed by atoms with van der Waals surface area (Å²) in [6.45, 7) is 0. The van der Waals surface area contributed by atoms with Gasteiger partial charge in [0, 0.05) is 23.7 Å². The van der Waals surface area contributed by atoms with Gasteiger partial charge in [0.1, 0.15) is 0 Å². The Hall–Kier alpha value is -10.4. The SMILES string of the molecule is C1=Cc2c(ccc3c2Cc2cccc4c2C3c2ccccc2C4)C1.C1=Cc2cc3c(cc2C1)C1c2ccccc2Cc2cccc(c21)C3.C1=Cc2cc3c(cc2C1)Cc1cccc2c1C3c1ccccc1C2.C1=Cc2ccc3c(c2C1)Cc1cccc2c1C3c1ccccc1C2. The molecule has 0 heterocycles. The second kappa shape index (κ2) is 21.6. The van der Waals surface area contributed by atoms with Gasteiger partial charge in [0.05, 0.1) is 0 Å². The molecule has 0 aromatic heterocycles. The molecule has 0 bridgehead atoms. The first-order valence-electron chi connectivity index (χ1n) is 35.6. The minimum absolute atomic E-state index is 0.421. The number of benzene rings is 12. The van der Waals surface area contributed by atoms with Crippen molar-refractivity contribution in [3.63, 3.8) is 0 Å². The van der Waals surface area contributed by atoms with Gasteiger partial charge < -0.3 is 0 Å². The van der Waals surface area contributed by atoms with Crippen molar-refractivity contribution in [1.82, 2.24) is 0 Å². The van der Waals surface area contributed by atoms with Crippen LogP contribution in [0.5, 0.6) is 0 Å². The first-order chi connectivity index (χ1) is 47.6. The van der Waals surface area contributed by atoms with E-state index in [2.05, 4.69) is 267 Å². The molecule has 0 radical (unpaired) electrons. The summed E-state index contributed by atoms with van der Waals surface area (Å²) >= 11 is 0. The van der Waals surface area contributed by atoms with Gasteiger partial charge in [0.2, 0.25) is 0 Å². The quantitative estimate of drug-likeness (QED) is 0.142. The van der Waals surface area contributed by atoms with Gasteiger partial charge in [0.15, 0.2) is 0 Å². The van der Waals surface area contributed by atoms with Crippen molar-refractivity contribution in [2.75, 3.05) is 0 Å². The van der Waals surface area contributed by atoms with Crippen molar-refractivity contribution in [2.24, 2.45) is 0 Å². The highest BCUT2D eigenvalue weighted by molar-refractivity contribution is 5.75. The van der Waals surface area contributed by atoms with Crippen molar-refractivity contribution in [2.45, 2.75) is 101 Å². The minimum Gasteiger partial charge on any atom is -0.0795 e. The van der Waals surface area contributed by atoms with Crippen LogP contribution in [-0.2, 0) is 77.0 Å². The van der Waals surface area contributed by atoms with Crippen LogP contribution in [0, 0.1) is 0 Å². The standard InChI is InChI=1S/4C24H18/c2*1-2-9-20-16(5-1)13-17-7-3-8-18-14-22-19-10-4-6-15(19)11-12-21(22)24(20)23(17)18;2*1-2-10-21-17(5-1)12-18-8-4-9-19-13-20-11-15-6-3-7-16(15)14-22(20)24(21)23(18)19/h1-5,7-12,24H,6,13-14H2;1-9,11-12,24H,10,13-14H2;1-5,7-11,14,24H,6,12-13H2;1-6,8-11,14,24H,7,12-13H2. The number of fused-ring (bicyclic) bond motifs is 22. The summed E-state index contributed by atoms with van der Waals surface area (Å²) in [6, 6.07) is 83.3. The van der Waals surface area contributed by atoms with Gasteiger partial charge in [-0.05, 0) is 277 Å². The molecule has 0 saturated heterocycles. The Morgan fingerprint density at radius 3 is 1.06 bits per heavy atom. The van der Waals surface area contributed by atoms with E-state index in [0.717, 1.165) is 77.0 Å². The van der Waals surface area contributed by atoms with Gasteiger partial charge in [-0.2, -0.15) is 0 Å². The van der Waals surface area contributed by atoms with Crippen LogP contribution in [0.4, 0.5) is 0 Å². The Balaban J connectivity index is 0.0000000849. The third-order valence-electron chi connectivity index (χ3n) is 24.3.